The summed E-state index contributed by atoms with van der Waals surface area (Å²) in [5.74, 6) is 0.572. The van der Waals surface area contributed by atoms with Crippen LogP contribution in [0.15, 0.2) is 59.8 Å². The van der Waals surface area contributed by atoms with E-state index in [1.54, 1.807) is 47.6 Å². The molecule has 2 amide bonds. The summed E-state index contributed by atoms with van der Waals surface area (Å²) in [7, 11) is 0. The number of benzene rings is 2. The van der Waals surface area contributed by atoms with Crippen LogP contribution in [0.1, 0.15) is 40.2 Å². The van der Waals surface area contributed by atoms with Gasteiger partial charge in [0, 0.05) is 49.3 Å². The number of hydrogen-bond donors (Lipinski definition) is 4. The number of rotatable bonds is 9. The summed E-state index contributed by atoms with van der Waals surface area (Å²) in [4.78, 5) is 48.4. The third-order valence-electron chi connectivity index (χ3n) is 6.49. The number of nitrogens with zero attached hydrogens (tertiary/aromatic N) is 3. The first kappa shape index (κ1) is 24.9. The second-order valence-electron chi connectivity index (χ2n) is 9.13. The lowest BCUT2D eigenvalue weighted by atomic mass is 10.1. The Kier molecular flexibility index (Phi) is 6.98. The molecule has 0 radical (unpaired) electrons. The van der Waals surface area contributed by atoms with Gasteiger partial charge in [0.15, 0.2) is 0 Å². The van der Waals surface area contributed by atoms with Gasteiger partial charge in [0.2, 0.25) is 11.8 Å². The van der Waals surface area contributed by atoms with E-state index in [9.17, 15) is 19.5 Å². The lowest BCUT2D eigenvalue weighted by molar-refractivity contribution is -0.128. The largest absolute Gasteiger partial charge is 0.493 e. The van der Waals surface area contributed by atoms with E-state index >= 15 is 0 Å². The molecule has 2 aromatic carbocycles. The molecule has 0 spiro atoms. The molecule has 4 aromatic rings. The Morgan fingerprint density at radius 1 is 1.18 bits per heavy atom. The van der Waals surface area contributed by atoms with E-state index in [0.717, 1.165) is 23.4 Å². The zero-order valence-corrected chi connectivity index (χ0v) is 20.9. The summed E-state index contributed by atoms with van der Waals surface area (Å²) < 4.78 is 7.45. The van der Waals surface area contributed by atoms with Crippen LogP contribution < -0.4 is 15.7 Å². The average molecular weight is 517 g/mol. The smallest absolute Gasteiger partial charge is 0.332 e. The van der Waals surface area contributed by atoms with Crippen LogP contribution in [0.25, 0.3) is 5.69 Å². The second kappa shape index (κ2) is 10.7. The number of nitrogens with one attached hydrogen (secondary N) is 3. The van der Waals surface area contributed by atoms with Crippen molar-refractivity contribution >= 4 is 11.8 Å². The SMILES string of the molecule is Cc1[nH]cnc1CCNC(=O)c1ccc(CN2CCCC2=O)c(Oc2ccc(-n3cc(O)[nH]c3=O)cc2)c1. The summed E-state index contributed by atoms with van der Waals surface area (Å²) in [6, 6.07) is 12.0. The molecule has 2 aromatic heterocycles. The normalized spacial score (nSPS) is 13.2. The number of aromatic hydroxyl groups is 1. The maximum atomic E-state index is 12.9. The van der Waals surface area contributed by atoms with Gasteiger partial charge in [-0.15, -0.1) is 0 Å². The number of ether oxygens (including phenoxy) is 1. The van der Waals surface area contributed by atoms with Gasteiger partial charge in [-0.1, -0.05) is 6.07 Å². The molecule has 0 atom stereocenters. The molecule has 3 heterocycles. The topological polar surface area (TPSA) is 145 Å². The predicted molar refractivity (Wildman–Crippen MR) is 139 cm³/mol. The number of carbonyl (C=O) groups excluding carboxylic acids is 2. The summed E-state index contributed by atoms with van der Waals surface area (Å²) in [5.41, 5.74) is 3.17. The van der Waals surface area contributed by atoms with Crippen molar-refractivity contribution in [2.45, 2.75) is 32.7 Å². The van der Waals surface area contributed by atoms with E-state index in [1.807, 2.05) is 13.0 Å². The Morgan fingerprint density at radius 2 is 2.00 bits per heavy atom. The highest BCUT2D eigenvalue weighted by atomic mass is 16.5. The van der Waals surface area contributed by atoms with E-state index in [2.05, 4.69) is 20.3 Å². The molecule has 0 unspecified atom stereocenters. The molecule has 1 aliphatic rings. The number of aryl methyl sites for hydroxylation is 1. The lowest BCUT2D eigenvalue weighted by Gasteiger charge is -2.19. The van der Waals surface area contributed by atoms with E-state index in [1.165, 1.54) is 10.8 Å². The van der Waals surface area contributed by atoms with Crippen LogP contribution in [-0.4, -0.2) is 54.4 Å². The van der Waals surface area contributed by atoms with Crippen molar-refractivity contribution in [1.82, 2.24) is 29.7 Å². The molecule has 0 aliphatic carbocycles. The Hall–Kier alpha value is -4.80. The molecule has 1 saturated heterocycles. The van der Waals surface area contributed by atoms with E-state index < -0.39 is 5.69 Å². The highest BCUT2D eigenvalue weighted by Gasteiger charge is 2.22. The number of H-pyrrole nitrogens is 2. The fraction of sp³-hybridized carbons (Fsp3) is 0.259. The number of likely N-dealkylation sites (tertiary alicyclic amines) is 1. The molecule has 38 heavy (non-hydrogen) atoms. The fourth-order valence-corrected chi connectivity index (χ4v) is 4.41. The van der Waals surface area contributed by atoms with Crippen molar-refractivity contribution in [2.24, 2.45) is 0 Å². The minimum Gasteiger partial charge on any atom is -0.493 e. The van der Waals surface area contributed by atoms with Crippen LogP contribution in [0.5, 0.6) is 17.4 Å². The van der Waals surface area contributed by atoms with Gasteiger partial charge in [0.1, 0.15) is 11.5 Å². The van der Waals surface area contributed by atoms with Crippen molar-refractivity contribution < 1.29 is 19.4 Å². The third kappa shape index (κ3) is 5.46. The Labute approximate surface area is 218 Å². The Bertz CT molecular complexity index is 1520. The van der Waals surface area contributed by atoms with Crippen molar-refractivity contribution in [3.05, 3.63) is 88.0 Å². The number of aromatic nitrogens is 4. The van der Waals surface area contributed by atoms with Crippen LogP contribution in [0.2, 0.25) is 0 Å². The zero-order valence-electron chi connectivity index (χ0n) is 20.9. The molecule has 4 N–H and O–H groups in total. The number of amides is 2. The van der Waals surface area contributed by atoms with Crippen LogP contribution in [-0.2, 0) is 17.8 Å². The van der Waals surface area contributed by atoms with Gasteiger partial charge >= 0.3 is 5.69 Å². The first-order chi connectivity index (χ1) is 18.4. The van der Waals surface area contributed by atoms with Crippen LogP contribution in [0.3, 0.4) is 0 Å². The van der Waals surface area contributed by atoms with Gasteiger partial charge in [0.05, 0.1) is 23.9 Å². The Morgan fingerprint density at radius 3 is 2.66 bits per heavy atom. The number of aromatic amines is 2. The van der Waals surface area contributed by atoms with Gasteiger partial charge < -0.3 is 25.0 Å². The lowest BCUT2D eigenvalue weighted by Crippen LogP contribution is -2.26. The van der Waals surface area contributed by atoms with Crippen molar-refractivity contribution in [3.8, 4) is 23.1 Å². The number of hydrogen-bond acceptors (Lipinski definition) is 6. The maximum Gasteiger partial charge on any atom is 0.332 e. The molecule has 0 bridgehead atoms. The Balaban J connectivity index is 1.35. The van der Waals surface area contributed by atoms with Crippen LogP contribution in [0.4, 0.5) is 0 Å². The van der Waals surface area contributed by atoms with E-state index in [0.29, 0.717) is 55.2 Å². The van der Waals surface area contributed by atoms with E-state index in [4.69, 9.17) is 4.74 Å². The summed E-state index contributed by atoms with van der Waals surface area (Å²) >= 11 is 0. The number of carbonyl (C=O) groups is 2. The standard InChI is InChI=1S/C27H28N6O5/c1-17-22(30-16-29-17)10-11-28-26(36)18-4-5-19(14-32-12-2-3-25(32)35)23(13-18)38-21-8-6-20(7-9-21)33-15-24(34)31-27(33)37/h4-9,13,15-16,34H,2-3,10-12,14H2,1H3,(H,28,36)(H,29,30)(H,31,37). The minimum atomic E-state index is -0.463. The third-order valence-corrected chi connectivity index (χ3v) is 6.49. The first-order valence-corrected chi connectivity index (χ1v) is 12.3. The fourth-order valence-electron chi connectivity index (χ4n) is 4.41. The molecule has 11 heteroatoms. The zero-order chi connectivity index (χ0) is 26.6. The minimum absolute atomic E-state index is 0.0935. The quantitative estimate of drug-likeness (QED) is 0.269. The summed E-state index contributed by atoms with van der Waals surface area (Å²) in [6.45, 7) is 3.43. The molecule has 11 nitrogen and oxygen atoms in total. The number of imidazole rings is 2. The van der Waals surface area contributed by atoms with Gasteiger partial charge in [-0.3, -0.25) is 19.1 Å². The van der Waals surface area contributed by atoms with Crippen LogP contribution >= 0.6 is 0 Å². The molecule has 0 saturated carbocycles. The van der Waals surface area contributed by atoms with Crippen molar-refractivity contribution in [1.29, 1.82) is 0 Å². The van der Waals surface area contributed by atoms with Gasteiger partial charge in [-0.05, 0) is 49.7 Å². The van der Waals surface area contributed by atoms with Gasteiger partial charge in [-0.25, -0.2) is 9.78 Å². The first-order valence-electron chi connectivity index (χ1n) is 12.3. The maximum absolute atomic E-state index is 12.9. The van der Waals surface area contributed by atoms with Gasteiger partial charge in [0.25, 0.3) is 5.91 Å². The average Bonchev–Trinajstić information content (AvgIpc) is 3.60. The van der Waals surface area contributed by atoms with Gasteiger partial charge in [-0.2, -0.15) is 0 Å². The van der Waals surface area contributed by atoms with Crippen LogP contribution in [0, 0.1) is 6.92 Å². The molecule has 196 valence electrons. The molecule has 1 fully saturated rings. The summed E-state index contributed by atoms with van der Waals surface area (Å²) in [6.07, 6.45) is 4.88. The summed E-state index contributed by atoms with van der Waals surface area (Å²) in [5, 5.41) is 12.4. The predicted octanol–water partition coefficient (Wildman–Crippen LogP) is 2.79. The second-order valence-corrected chi connectivity index (χ2v) is 9.13. The highest BCUT2D eigenvalue weighted by Crippen LogP contribution is 2.29. The van der Waals surface area contributed by atoms with E-state index in [-0.39, 0.29) is 17.7 Å². The monoisotopic (exact) mass is 516 g/mol. The highest BCUT2D eigenvalue weighted by molar-refractivity contribution is 5.94. The molecule has 1 aliphatic heterocycles. The van der Waals surface area contributed by atoms with Crippen molar-refractivity contribution in [3.63, 3.8) is 0 Å². The van der Waals surface area contributed by atoms with Crippen molar-refractivity contribution in [2.75, 3.05) is 13.1 Å². The molecule has 5 rings (SSSR count). The molecular weight excluding hydrogens is 488 g/mol. The molecular formula is C27H28N6O5.